The molecule has 37 heavy (non-hydrogen) atoms. The van der Waals surface area contributed by atoms with Crippen LogP contribution in [0.2, 0.25) is 0 Å². The molecule has 1 aliphatic heterocycles. The zero-order valence-electron chi connectivity index (χ0n) is 21.3. The number of aliphatic hydroxyl groups is 1. The van der Waals surface area contributed by atoms with Gasteiger partial charge in [0.05, 0.1) is 47.4 Å². The molecule has 1 aliphatic rings. The molecule has 1 aromatic carbocycles. The number of halogens is 3. The lowest BCUT2D eigenvalue weighted by Crippen LogP contribution is -2.42. The first-order chi connectivity index (χ1) is 17.3. The molecule has 0 saturated heterocycles. The van der Waals surface area contributed by atoms with Crippen LogP contribution in [0.15, 0.2) is 23.2 Å². The largest absolute Gasteiger partial charge is 0.465 e. The number of hydrogen-bond acceptors (Lipinski definition) is 9. The number of fused-ring (bicyclic) bond motifs is 3. The van der Waals surface area contributed by atoms with Crippen LogP contribution in [0, 0.1) is 5.92 Å². The van der Waals surface area contributed by atoms with Gasteiger partial charge in [-0.25, -0.2) is 19.7 Å². The van der Waals surface area contributed by atoms with Crippen molar-refractivity contribution in [3.8, 4) is 0 Å². The van der Waals surface area contributed by atoms with Gasteiger partial charge in [0.25, 0.3) is 0 Å². The maximum Gasteiger partial charge on any atom is 0.433 e. The molecule has 3 aromatic rings. The summed E-state index contributed by atoms with van der Waals surface area (Å²) in [5.74, 6) is -0.0799. The molecule has 0 radical (unpaired) electrons. The van der Waals surface area contributed by atoms with Crippen LogP contribution in [-0.4, -0.2) is 51.4 Å². The van der Waals surface area contributed by atoms with Gasteiger partial charge in [-0.15, -0.1) is 0 Å². The molecule has 2 aromatic heterocycles. The van der Waals surface area contributed by atoms with E-state index in [9.17, 15) is 23.1 Å². The van der Waals surface area contributed by atoms with E-state index in [1.807, 2.05) is 18.4 Å². The Hall–Kier alpha value is -2.90. The standard InChI is InChI=1S/C24H28F3N5O4S/c1-12(2)18-20-29-15-9-13(21(33)35-5)17(37-36-6)10-16(15)31(20)7-8-32(18)22-28-11-14(23(3,4)34)19(30-22)24(25,26)27/h9-12,18,34H,7-8H2,1-6H3. The van der Waals surface area contributed by atoms with E-state index in [1.54, 1.807) is 17.0 Å². The second-order valence-electron chi connectivity index (χ2n) is 9.57. The number of aromatic nitrogens is 4. The fourth-order valence-corrected chi connectivity index (χ4v) is 5.17. The van der Waals surface area contributed by atoms with E-state index in [0.29, 0.717) is 34.9 Å². The minimum atomic E-state index is -4.77. The SMILES string of the molecule is COSc1cc2c(cc1C(=O)OC)nc1n2CCN(c2ncc(C(C)(C)O)c(C(F)(F)F)n2)C1C(C)C. The second kappa shape index (κ2) is 9.76. The van der Waals surface area contributed by atoms with Crippen molar-refractivity contribution in [1.29, 1.82) is 0 Å². The summed E-state index contributed by atoms with van der Waals surface area (Å²) in [5.41, 5.74) is -1.72. The molecule has 200 valence electrons. The van der Waals surface area contributed by atoms with Crippen LogP contribution in [0.3, 0.4) is 0 Å². The van der Waals surface area contributed by atoms with Crippen LogP contribution in [0.1, 0.15) is 61.2 Å². The Kier molecular flexibility index (Phi) is 7.16. The lowest BCUT2D eigenvalue weighted by atomic mass is 9.97. The summed E-state index contributed by atoms with van der Waals surface area (Å²) in [6, 6.07) is 2.98. The van der Waals surface area contributed by atoms with E-state index >= 15 is 0 Å². The predicted octanol–water partition coefficient (Wildman–Crippen LogP) is 4.73. The van der Waals surface area contributed by atoms with Crippen LogP contribution < -0.4 is 4.90 Å². The van der Waals surface area contributed by atoms with Crippen molar-refractivity contribution in [2.24, 2.45) is 5.92 Å². The average Bonchev–Trinajstić information content (AvgIpc) is 3.18. The van der Waals surface area contributed by atoms with Gasteiger partial charge in [-0.3, -0.25) is 0 Å². The lowest BCUT2D eigenvalue weighted by molar-refractivity contribution is -0.144. The van der Waals surface area contributed by atoms with E-state index in [1.165, 1.54) is 28.1 Å². The number of carbonyl (C=O) groups excluding carboxylic acids is 1. The van der Waals surface area contributed by atoms with Gasteiger partial charge < -0.3 is 23.5 Å². The summed E-state index contributed by atoms with van der Waals surface area (Å²) in [5, 5.41) is 10.3. The Morgan fingerprint density at radius 1 is 1.19 bits per heavy atom. The van der Waals surface area contributed by atoms with E-state index in [0.717, 1.165) is 23.8 Å². The summed E-state index contributed by atoms with van der Waals surface area (Å²) < 4.78 is 53.8. The van der Waals surface area contributed by atoms with Gasteiger partial charge >= 0.3 is 12.1 Å². The van der Waals surface area contributed by atoms with Crippen LogP contribution in [0.25, 0.3) is 11.0 Å². The smallest absolute Gasteiger partial charge is 0.433 e. The van der Waals surface area contributed by atoms with Crippen molar-refractivity contribution in [2.45, 2.75) is 57.0 Å². The number of methoxy groups -OCH3 is 1. The summed E-state index contributed by atoms with van der Waals surface area (Å²) in [6.45, 7) is 7.13. The van der Waals surface area contributed by atoms with Crippen molar-refractivity contribution < 1.29 is 32.0 Å². The first kappa shape index (κ1) is 27.1. The molecule has 9 nitrogen and oxygen atoms in total. The molecule has 0 aliphatic carbocycles. The van der Waals surface area contributed by atoms with Crippen molar-refractivity contribution in [3.63, 3.8) is 0 Å². The first-order valence-corrected chi connectivity index (χ1v) is 12.3. The summed E-state index contributed by atoms with van der Waals surface area (Å²) in [4.78, 5) is 27.5. The normalized spacial score (nSPS) is 16.4. The topological polar surface area (TPSA) is 103 Å². The highest BCUT2D eigenvalue weighted by molar-refractivity contribution is 7.94. The third kappa shape index (κ3) is 4.99. The molecule has 1 unspecified atom stereocenters. The Balaban J connectivity index is 1.86. The molecular weight excluding hydrogens is 511 g/mol. The molecule has 0 amide bonds. The summed E-state index contributed by atoms with van der Waals surface area (Å²) in [6.07, 6.45) is -3.74. The van der Waals surface area contributed by atoms with Gasteiger partial charge in [0.15, 0.2) is 5.69 Å². The quantitative estimate of drug-likeness (QED) is 0.352. The van der Waals surface area contributed by atoms with Gasteiger partial charge in [0, 0.05) is 36.9 Å². The maximum absolute atomic E-state index is 13.9. The number of imidazole rings is 1. The number of ether oxygens (including phenoxy) is 1. The van der Waals surface area contributed by atoms with Crippen LogP contribution in [0.5, 0.6) is 0 Å². The Labute approximate surface area is 216 Å². The highest BCUT2D eigenvalue weighted by Crippen LogP contribution is 2.40. The predicted molar refractivity (Wildman–Crippen MR) is 131 cm³/mol. The average molecular weight is 540 g/mol. The van der Waals surface area contributed by atoms with Crippen molar-refractivity contribution in [3.05, 3.63) is 41.0 Å². The summed E-state index contributed by atoms with van der Waals surface area (Å²) >= 11 is 1.03. The molecule has 0 spiro atoms. The number of hydrogen-bond donors (Lipinski definition) is 1. The molecule has 0 fully saturated rings. The van der Waals surface area contributed by atoms with E-state index in [4.69, 9.17) is 13.9 Å². The number of esters is 1. The monoisotopic (exact) mass is 539 g/mol. The van der Waals surface area contributed by atoms with Gasteiger partial charge in [-0.2, -0.15) is 13.2 Å². The fraction of sp³-hybridized carbons (Fsp3) is 0.500. The number of alkyl halides is 3. The van der Waals surface area contributed by atoms with E-state index in [-0.39, 0.29) is 11.9 Å². The highest BCUT2D eigenvalue weighted by atomic mass is 32.2. The Bertz CT molecular complexity index is 1340. The van der Waals surface area contributed by atoms with E-state index < -0.39 is 35.0 Å². The summed E-state index contributed by atoms with van der Waals surface area (Å²) in [7, 11) is 2.78. The second-order valence-corrected chi connectivity index (χ2v) is 10.5. The zero-order chi connectivity index (χ0) is 27.3. The molecule has 0 bridgehead atoms. The van der Waals surface area contributed by atoms with Crippen molar-refractivity contribution in [2.75, 3.05) is 25.7 Å². The number of nitrogens with zero attached hydrogens (tertiary/aromatic N) is 5. The Morgan fingerprint density at radius 3 is 2.46 bits per heavy atom. The highest BCUT2D eigenvalue weighted by Gasteiger charge is 2.42. The molecule has 3 heterocycles. The molecule has 1 atom stereocenters. The van der Waals surface area contributed by atoms with Crippen molar-refractivity contribution >= 4 is 35.0 Å². The number of anilines is 1. The number of carbonyl (C=O) groups is 1. The number of rotatable bonds is 6. The minimum absolute atomic E-state index is 0.0735. The third-order valence-electron chi connectivity index (χ3n) is 6.21. The number of benzene rings is 1. The van der Waals surface area contributed by atoms with Crippen LogP contribution in [-0.2, 0) is 27.2 Å². The fourth-order valence-electron chi connectivity index (χ4n) is 4.60. The van der Waals surface area contributed by atoms with Crippen LogP contribution >= 0.6 is 12.0 Å². The zero-order valence-corrected chi connectivity index (χ0v) is 22.1. The van der Waals surface area contributed by atoms with Gasteiger partial charge in [-0.05, 0) is 31.9 Å². The molecule has 13 heteroatoms. The molecule has 4 rings (SSSR count). The van der Waals surface area contributed by atoms with Crippen molar-refractivity contribution in [1.82, 2.24) is 19.5 Å². The first-order valence-electron chi connectivity index (χ1n) is 11.5. The minimum Gasteiger partial charge on any atom is -0.465 e. The van der Waals surface area contributed by atoms with Gasteiger partial charge in [-0.1, -0.05) is 13.8 Å². The lowest BCUT2D eigenvalue weighted by Gasteiger charge is -2.38. The van der Waals surface area contributed by atoms with Crippen LogP contribution in [0.4, 0.5) is 19.1 Å². The maximum atomic E-state index is 13.9. The third-order valence-corrected chi connectivity index (χ3v) is 6.90. The molecular formula is C24H28F3N5O4S. The van der Waals surface area contributed by atoms with Gasteiger partial charge in [0.1, 0.15) is 5.82 Å². The molecule has 0 saturated carbocycles. The molecule has 1 N–H and O–H groups in total. The Morgan fingerprint density at radius 2 is 1.89 bits per heavy atom. The van der Waals surface area contributed by atoms with Gasteiger partial charge in [0.2, 0.25) is 5.95 Å². The van der Waals surface area contributed by atoms with E-state index in [2.05, 4.69) is 9.97 Å².